The average Bonchev–Trinajstić information content (AvgIpc) is 2.32. The molecule has 17 heavy (non-hydrogen) atoms. The molecule has 92 valence electrons. The summed E-state index contributed by atoms with van der Waals surface area (Å²) in [5, 5.41) is 12.7. The number of nitrogens with zero attached hydrogens (tertiary/aromatic N) is 3. The Kier molecular flexibility index (Phi) is 3.50. The second-order valence-electron chi connectivity index (χ2n) is 3.82. The summed E-state index contributed by atoms with van der Waals surface area (Å²) < 4.78 is 5.21. The molecule has 2 rings (SSSR count). The zero-order chi connectivity index (χ0) is 12.3. The molecule has 0 bridgehead atoms. The summed E-state index contributed by atoms with van der Waals surface area (Å²) >= 11 is 0. The van der Waals surface area contributed by atoms with Crippen molar-refractivity contribution in [1.29, 1.82) is 0 Å². The quantitative estimate of drug-likeness (QED) is 0.624. The van der Waals surface area contributed by atoms with Gasteiger partial charge in [-0.05, 0) is 6.92 Å². The second-order valence-corrected chi connectivity index (χ2v) is 3.82. The van der Waals surface area contributed by atoms with Crippen molar-refractivity contribution in [2.45, 2.75) is 6.92 Å². The van der Waals surface area contributed by atoms with Crippen LogP contribution in [0.4, 0.5) is 11.5 Å². The highest BCUT2D eigenvalue weighted by Gasteiger charge is 2.15. The van der Waals surface area contributed by atoms with Crippen LogP contribution in [0.5, 0.6) is 0 Å². The molecule has 0 spiro atoms. The number of morpholine rings is 1. The zero-order valence-corrected chi connectivity index (χ0v) is 9.55. The Labute approximate surface area is 98.5 Å². The molecular weight excluding hydrogens is 224 g/mol. The lowest BCUT2D eigenvalue weighted by molar-refractivity contribution is -0.385. The van der Waals surface area contributed by atoms with Crippen molar-refractivity contribution < 1.29 is 9.66 Å². The lowest BCUT2D eigenvalue weighted by Crippen LogP contribution is -2.40. The summed E-state index contributed by atoms with van der Waals surface area (Å²) in [6.07, 6.45) is 1.50. The van der Waals surface area contributed by atoms with E-state index in [0.29, 0.717) is 24.6 Å². The molecule has 1 aliphatic heterocycles. The number of aromatic nitrogens is 1. The van der Waals surface area contributed by atoms with E-state index >= 15 is 0 Å². The van der Waals surface area contributed by atoms with E-state index in [1.807, 2.05) is 5.01 Å². The van der Waals surface area contributed by atoms with Gasteiger partial charge < -0.3 is 10.2 Å². The van der Waals surface area contributed by atoms with Crippen LogP contribution in [-0.4, -0.2) is 41.2 Å². The summed E-state index contributed by atoms with van der Waals surface area (Å²) in [7, 11) is 0. The third kappa shape index (κ3) is 2.89. The summed E-state index contributed by atoms with van der Waals surface area (Å²) in [4.78, 5) is 14.5. The maximum absolute atomic E-state index is 10.8. The van der Waals surface area contributed by atoms with Crippen molar-refractivity contribution >= 4 is 11.5 Å². The van der Waals surface area contributed by atoms with E-state index in [1.54, 1.807) is 6.92 Å². The SMILES string of the molecule is Cc1cnc(NN2CCOCC2)cc1[N+](=O)[O-]. The number of hydrogen-bond acceptors (Lipinski definition) is 6. The van der Waals surface area contributed by atoms with Crippen LogP contribution >= 0.6 is 0 Å². The van der Waals surface area contributed by atoms with Gasteiger partial charge in [-0.15, -0.1) is 0 Å². The largest absolute Gasteiger partial charge is 0.379 e. The predicted octanol–water partition coefficient (Wildman–Crippen LogP) is 0.957. The normalized spacial score (nSPS) is 16.8. The molecule has 0 unspecified atom stereocenters. The van der Waals surface area contributed by atoms with E-state index in [0.717, 1.165) is 13.1 Å². The van der Waals surface area contributed by atoms with Crippen LogP contribution in [0.1, 0.15) is 5.56 Å². The number of rotatable bonds is 3. The molecule has 0 aromatic carbocycles. The molecule has 7 nitrogen and oxygen atoms in total. The van der Waals surface area contributed by atoms with Gasteiger partial charge in [0.1, 0.15) is 5.82 Å². The van der Waals surface area contributed by atoms with Crippen LogP contribution in [0, 0.1) is 17.0 Å². The first-order chi connectivity index (χ1) is 8.16. The van der Waals surface area contributed by atoms with Crippen molar-refractivity contribution in [3.63, 3.8) is 0 Å². The Hall–Kier alpha value is -1.73. The van der Waals surface area contributed by atoms with E-state index in [2.05, 4.69) is 10.4 Å². The number of ether oxygens (including phenoxy) is 1. The fourth-order valence-corrected chi connectivity index (χ4v) is 1.61. The number of nitro groups is 1. The number of nitrogens with one attached hydrogen (secondary N) is 1. The molecule has 7 heteroatoms. The van der Waals surface area contributed by atoms with E-state index in [-0.39, 0.29) is 5.69 Å². The first-order valence-electron chi connectivity index (χ1n) is 5.37. The van der Waals surface area contributed by atoms with Crippen molar-refractivity contribution in [3.05, 3.63) is 27.9 Å². The Morgan fingerprint density at radius 3 is 2.88 bits per heavy atom. The minimum absolute atomic E-state index is 0.0794. The van der Waals surface area contributed by atoms with Gasteiger partial charge in [0.2, 0.25) is 0 Å². The minimum atomic E-state index is -0.401. The van der Waals surface area contributed by atoms with Gasteiger partial charge in [-0.25, -0.2) is 9.99 Å². The zero-order valence-electron chi connectivity index (χ0n) is 9.55. The predicted molar refractivity (Wildman–Crippen MR) is 61.6 cm³/mol. The van der Waals surface area contributed by atoms with Crippen LogP contribution in [-0.2, 0) is 4.74 Å². The third-order valence-electron chi connectivity index (χ3n) is 2.56. The molecule has 1 aromatic rings. The second kappa shape index (κ2) is 5.07. The number of hydrogen-bond donors (Lipinski definition) is 1. The average molecular weight is 238 g/mol. The number of pyridine rings is 1. The highest BCUT2D eigenvalue weighted by Crippen LogP contribution is 2.20. The van der Waals surface area contributed by atoms with Gasteiger partial charge in [-0.1, -0.05) is 0 Å². The summed E-state index contributed by atoms with van der Waals surface area (Å²) in [5.74, 6) is 0.490. The molecule has 2 heterocycles. The number of anilines is 1. The molecule has 1 aromatic heterocycles. The fraction of sp³-hybridized carbons (Fsp3) is 0.500. The maximum Gasteiger partial charge on any atom is 0.277 e. The lowest BCUT2D eigenvalue weighted by Gasteiger charge is -2.27. The smallest absolute Gasteiger partial charge is 0.277 e. The Balaban J connectivity index is 2.10. The first kappa shape index (κ1) is 11.7. The lowest BCUT2D eigenvalue weighted by atomic mass is 10.2. The Morgan fingerprint density at radius 2 is 2.24 bits per heavy atom. The van der Waals surface area contributed by atoms with Crippen LogP contribution in [0.2, 0.25) is 0 Å². The highest BCUT2D eigenvalue weighted by atomic mass is 16.6. The summed E-state index contributed by atoms with van der Waals surface area (Å²) in [6.45, 7) is 4.46. The van der Waals surface area contributed by atoms with Crippen LogP contribution in [0.15, 0.2) is 12.3 Å². The van der Waals surface area contributed by atoms with E-state index in [9.17, 15) is 10.1 Å². The van der Waals surface area contributed by atoms with Crippen LogP contribution < -0.4 is 5.43 Å². The third-order valence-corrected chi connectivity index (χ3v) is 2.56. The fourth-order valence-electron chi connectivity index (χ4n) is 1.61. The molecule has 0 radical (unpaired) electrons. The molecule has 0 amide bonds. The topological polar surface area (TPSA) is 80.5 Å². The van der Waals surface area contributed by atoms with Crippen LogP contribution in [0.25, 0.3) is 0 Å². The van der Waals surface area contributed by atoms with E-state index in [4.69, 9.17) is 4.74 Å². The molecule has 0 aliphatic carbocycles. The van der Waals surface area contributed by atoms with Gasteiger partial charge in [0.05, 0.1) is 24.2 Å². The number of hydrazine groups is 1. The molecule has 0 saturated carbocycles. The molecule has 1 N–H and O–H groups in total. The summed E-state index contributed by atoms with van der Waals surface area (Å²) in [5.41, 5.74) is 3.68. The minimum Gasteiger partial charge on any atom is -0.379 e. The Morgan fingerprint density at radius 1 is 1.53 bits per heavy atom. The molecule has 1 aliphatic rings. The van der Waals surface area contributed by atoms with Crippen molar-refractivity contribution in [1.82, 2.24) is 9.99 Å². The van der Waals surface area contributed by atoms with Gasteiger partial charge in [0, 0.05) is 24.8 Å². The van der Waals surface area contributed by atoms with Crippen LogP contribution in [0.3, 0.4) is 0 Å². The van der Waals surface area contributed by atoms with Crippen molar-refractivity contribution in [2.75, 3.05) is 31.7 Å². The molecular formula is C10H14N4O3. The van der Waals surface area contributed by atoms with E-state index in [1.165, 1.54) is 12.3 Å². The molecule has 1 fully saturated rings. The van der Waals surface area contributed by atoms with Gasteiger partial charge in [-0.2, -0.15) is 0 Å². The maximum atomic E-state index is 10.8. The van der Waals surface area contributed by atoms with Crippen molar-refractivity contribution in [2.24, 2.45) is 0 Å². The first-order valence-corrected chi connectivity index (χ1v) is 5.37. The van der Waals surface area contributed by atoms with E-state index < -0.39 is 4.92 Å². The Bertz CT molecular complexity index is 418. The molecule has 0 atom stereocenters. The van der Waals surface area contributed by atoms with Gasteiger partial charge >= 0.3 is 0 Å². The van der Waals surface area contributed by atoms with Gasteiger partial charge in [0.15, 0.2) is 0 Å². The van der Waals surface area contributed by atoms with Gasteiger partial charge in [-0.3, -0.25) is 10.1 Å². The monoisotopic (exact) mass is 238 g/mol. The number of aryl methyl sites for hydroxylation is 1. The van der Waals surface area contributed by atoms with Crippen molar-refractivity contribution in [3.8, 4) is 0 Å². The molecule has 1 saturated heterocycles. The van der Waals surface area contributed by atoms with Gasteiger partial charge in [0.25, 0.3) is 5.69 Å². The standard InChI is InChI=1S/C10H14N4O3/c1-8-7-11-10(6-9(8)14(15)16)12-13-2-4-17-5-3-13/h6-7H,2-5H2,1H3,(H,11,12). The highest BCUT2D eigenvalue weighted by molar-refractivity contribution is 5.48. The summed E-state index contributed by atoms with van der Waals surface area (Å²) in [6, 6.07) is 1.45.